The maximum absolute atomic E-state index is 11.5. The molecule has 7 nitrogen and oxygen atoms in total. The van der Waals surface area contributed by atoms with Crippen LogP contribution < -0.4 is 0 Å². The van der Waals surface area contributed by atoms with Crippen molar-refractivity contribution in [3.8, 4) is 11.8 Å². The third-order valence-corrected chi connectivity index (χ3v) is 2.77. The van der Waals surface area contributed by atoms with Gasteiger partial charge in [0.25, 0.3) is 0 Å². The molecule has 0 bridgehead atoms. The molecule has 1 aromatic heterocycles. The summed E-state index contributed by atoms with van der Waals surface area (Å²) in [6.07, 6.45) is 0.163. The van der Waals surface area contributed by atoms with Crippen LogP contribution in [0.25, 0.3) is 5.69 Å². The van der Waals surface area contributed by atoms with Crippen LogP contribution in [-0.4, -0.2) is 32.1 Å². The largest absolute Gasteiger partial charge is 0.456 e. The lowest BCUT2D eigenvalue weighted by Crippen LogP contribution is -2.03. The van der Waals surface area contributed by atoms with E-state index in [1.54, 1.807) is 0 Å². The van der Waals surface area contributed by atoms with E-state index in [1.807, 2.05) is 36.4 Å². The Balaban J connectivity index is 2.05. The Hall–Kier alpha value is -2.40. The van der Waals surface area contributed by atoms with Gasteiger partial charge in [0.15, 0.2) is 0 Å². The molecule has 0 saturated carbocycles. The van der Waals surface area contributed by atoms with Crippen LogP contribution >= 0.6 is 11.8 Å². The van der Waals surface area contributed by atoms with Crippen molar-refractivity contribution >= 4 is 17.1 Å². The lowest BCUT2D eigenvalue weighted by molar-refractivity contribution is 0.177. The van der Waals surface area contributed by atoms with Gasteiger partial charge in [-0.15, -0.1) is 5.10 Å². The molecule has 0 spiro atoms. The number of carbonyl (C=O) groups excluding carboxylic acids is 1. The zero-order valence-corrected chi connectivity index (χ0v) is 10.6. The Morgan fingerprint density at radius 1 is 1.42 bits per heavy atom. The van der Waals surface area contributed by atoms with Gasteiger partial charge in [-0.25, -0.2) is 4.79 Å². The van der Waals surface area contributed by atoms with E-state index in [9.17, 15) is 4.79 Å². The highest BCUT2D eigenvalue weighted by molar-refractivity contribution is 8.13. The molecule has 96 valence electrons. The fourth-order valence-corrected chi connectivity index (χ4v) is 1.85. The van der Waals surface area contributed by atoms with Crippen LogP contribution in [0.15, 0.2) is 35.5 Å². The Morgan fingerprint density at radius 3 is 2.95 bits per heavy atom. The molecule has 0 saturated heterocycles. The van der Waals surface area contributed by atoms with E-state index in [-0.39, 0.29) is 13.0 Å². The standard InChI is InChI=1S/C11H9N5O2S/c12-7-4-8-18-11(17)19-10-13-14-15-16(10)9-5-2-1-3-6-9/h1-3,5-6H,4,8H2. The van der Waals surface area contributed by atoms with E-state index in [2.05, 4.69) is 15.5 Å². The fourth-order valence-electron chi connectivity index (χ4n) is 1.26. The molecule has 0 aliphatic rings. The number of tetrazole rings is 1. The van der Waals surface area contributed by atoms with E-state index in [4.69, 9.17) is 10.00 Å². The van der Waals surface area contributed by atoms with Crippen molar-refractivity contribution in [1.82, 2.24) is 20.2 Å². The van der Waals surface area contributed by atoms with Gasteiger partial charge < -0.3 is 4.74 Å². The van der Waals surface area contributed by atoms with Crippen LogP contribution in [0.3, 0.4) is 0 Å². The van der Waals surface area contributed by atoms with Crippen LogP contribution in [0.1, 0.15) is 6.42 Å². The van der Waals surface area contributed by atoms with Crippen molar-refractivity contribution in [2.75, 3.05) is 6.61 Å². The average molecular weight is 275 g/mol. The number of thioether (sulfide) groups is 1. The highest BCUT2D eigenvalue weighted by Gasteiger charge is 2.14. The molecular weight excluding hydrogens is 266 g/mol. The minimum absolute atomic E-state index is 0.0647. The minimum atomic E-state index is -0.540. The molecule has 0 fully saturated rings. The van der Waals surface area contributed by atoms with Gasteiger partial charge >= 0.3 is 5.30 Å². The van der Waals surface area contributed by atoms with E-state index < -0.39 is 5.30 Å². The summed E-state index contributed by atoms with van der Waals surface area (Å²) in [4.78, 5) is 11.5. The molecule has 1 aromatic carbocycles. The highest BCUT2D eigenvalue weighted by atomic mass is 32.2. The van der Waals surface area contributed by atoms with Gasteiger partial charge in [-0.1, -0.05) is 18.2 Å². The quantitative estimate of drug-likeness (QED) is 0.477. The average Bonchev–Trinajstić information content (AvgIpc) is 2.88. The molecule has 0 aliphatic carbocycles. The molecule has 0 N–H and O–H groups in total. The Labute approximate surface area is 113 Å². The third-order valence-electron chi connectivity index (χ3n) is 2.05. The Morgan fingerprint density at radius 2 is 2.21 bits per heavy atom. The molecule has 2 rings (SSSR count). The zero-order chi connectivity index (χ0) is 13.5. The Bertz CT molecular complexity index is 593. The molecule has 8 heteroatoms. The lowest BCUT2D eigenvalue weighted by atomic mass is 10.3. The second-order valence-electron chi connectivity index (χ2n) is 3.32. The van der Waals surface area contributed by atoms with E-state index in [0.29, 0.717) is 5.16 Å². The minimum Gasteiger partial charge on any atom is -0.456 e. The number of carbonyl (C=O) groups is 1. The molecule has 0 unspecified atom stereocenters. The molecule has 0 atom stereocenters. The summed E-state index contributed by atoms with van der Waals surface area (Å²) < 4.78 is 6.28. The van der Waals surface area contributed by atoms with Gasteiger partial charge in [-0.05, 0) is 22.6 Å². The summed E-state index contributed by atoms with van der Waals surface area (Å²) in [5, 5.41) is 19.2. The molecule has 2 aromatic rings. The third kappa shape index (κ3) is 3.53. The number of hydrogen-bond donors (Lipinski definition) is 0. The van der Waals surface area contributed by atoms with Crippen LogP contribution in [0.2, 0.25) is 0 Å². The number of para-hydroxylation sites is 1. The van der Waals surface area contributed by atoms with Crippen molar-refractivity contribution in [1.29, 1.82) is 5.26 Å². The van der Waals surface area contributed by atoms with Crippen LogP contribution in [-0.2, 0) is 4.74 Å². The molecule has 0 aliphatic heterocycles. The van der Waals surface area contributed by atoms with Crippen molar-refractivity contribution < 1.29 is 9.53 Å². The predicted molar refractivity (Wildman–Crippen MR) is 66.6 cm³/mol. The van der Waals surface area contributed by atoms with E-state index in [1.165, 1.54) is 4.68 Å². The number of nitriles is 1. The molecule has 0 amide bonds. The summed E-state index contributed by atoms with van der Waals surface area (Å²) in [6.45, 7) is 0.0647. The number of rotatable bonds is 4. The smallest absolute Gasteiger partial charge is 0.375 e. The maximum Gasteiger partial charge on any atom is 0.375 e. The molecular formula is C11H9N5O2S. The first-order valence-electron chi connectivity index (χ1n) is 5.36. The second-order valence-corrected chi connectivity index (χ2v) is 4.22. The van der Waals surface area contributed by atoms with E-state index in [0.717, 1.165) is 17.4 Å². The molecule has 1 heterocycles. The SMILES string of the molecule is N#CCCOC(=O)Sc1nnnn1-c1ccccc1. The van der Waals surface area contributed by atoms with Gasteiger partial charge in [0.2, 0.25) is 5.16 Å². The second kappa shape index (κ2) is 6.51. The van der Waals surface area contributed by atoms with Crippen molar-refractivity contribution in [2.45, 2.75) is 11.6 Å². The normalized spacial score (nSPS) is 9.84. The number of nitrogens with zero attached hydrogens (tertiary/aromatic N) is 5. The van der Waals surface area contributed by atoms with Crippen LogP contribution in [0.5, 0.6) is 0 Å². The van der Waals surface area contributed by atoms with Gasteiger partial charge in [0, 0.05) is 11.8 Å². The van der Waals surface area contributed by atoms with Gasteiger partial charge in [-0.2, -0.15) is 9.94 Å². The van der Waals surface area contributed by atoms with Crippen LogP contribution in [0.4, 0.5) is 4.79 Å². The summed E-state index contributed by atoms with van der Waals surface area (Å²) in [7, 11) is 0. The fraction of sp³-hybridized carbons (Fsp3) is 0.182. The summed E-state index contributed by atoms with van der Waals surface area (Å²) in [6, 6.07) is 11.1. The Kier molecular flexibility index (Phi) is 4.47. The number of benzene rings is 1. The monoisotopic (exact) mass is 275 g/mol. The number of aromatic nitrogens is 4. The van der Waals surface area contributed by atoms with Gasteiger partial charge in [0.05, 0.1) is 18.2 Å². The first kappa shape index (κ1) is 13.0. The van der Waals surface area contributed by atoms with E-state index >= 15 is 0 Å². The molecule has 19 heavy (non-hydrogen) atoms. The van der Waals surface area contributed by atoms with Crippen molar-refractivity contribution in [2.24, 2.45) is 0 Å². The lowest BCUT2D eigenvalue weighted by Gasteiger charge is -2.03. The number of hydrogen-bond acceptors (Lipinski definition) is 7. The topological polar surface area (TPSA) is 93.7 Å². The first-order chi connectivity index (χ1) is 9.31. The highest BCUT2D eigenvalue weighted by Crippen LogP contribution is 2.19. The van der Waals surface area contributed by atoms with Gasteiger partial charge in [-0.3, -0.25) is 0 Å². The summed E-state index contributed by atoms with van der Waals surface area (Å²) >= 11 is 0.778. The first-order valence-corrected chi connectivity index (χ1v) is 6.18. The maximum atomic E-state index is 11.5. The molecule has 0 radical (unpaired) electrons. The van der Waals surface area contributed by atoms with Crippen molar-refractivity contribution in [3.63, 3.8) is 0 Å². The van der Waals surface area contributed by atoms with Crippen LogP contribution in [0, 0.1) is 11.3 Å². The predicted octanol–water partition coefficient (Wildman–Crippen LogP) is 1.80. The van der Waals surface area contributed by atoms with Gasteiger partial charge in [0.1, 0.15) is 6.61 Å². The number of ether oxygens (including phenoxy) is 1. The summed E-state index contributed by atoms with van der Waals surface area (Å²) in [5.74, 6) is 0. The summed E-state index contributed by atoms with van der Waals surface area (Å²) in [5.41, 5.74) is 0.750. The van der Waals surface area contributed by atoms with Crippen molar-refractivity contribution in [3.05, 3.63) is 30.3 Å². The zero-order valence-electron chi connectivity index (χ0n) is 9.76.